The number of benzene rings is 1. The third-order valence-corrected chi connectivity index (χ3v) is 3.99. The molecule has 0 saturated carbocycles. The zero-order valence-corrected chi connectivity index (χ0v) is 10.3. The van der Waals surface area contributed by atoms with Crippen molar-refractivity contribution in [2.24, 2.45) is 0 Å². The van der Waals surface area contributed by atoms with Crippen molar-refractivity contribution >= 4 is 5.57 Å². The highest BCUT2D eigenvalue weighted by Gasteiger charge is 2.28. The fourth-order valence-electron chi connectivity index (χ4n) is 3.12. The molecule has 1 aliphatic carbocycles. The van der Waals surface area contributed by atoms with Crippen LogP contribution in [0.4, 0.5) is 0 Å². The lowest BCUT2D eigenvalue weighted by atomic mass is 9.91. The van der Waals surface area contributed by atoms with E-state index < -0.39 is 0 Å². The van der Waals surface area contributed by atoms with E-state index in [1.165, 1.54) is 42.5 Å². The van der Waals surface area contributed by atoms with Gasteiger partial charge in [0.05, 0.1) is 12.2 Å². The van der Waals surface area contributed by atoms with E-state index in [0.717, 1.165) is 12.2 Å². The van der Waals surface area contributed by atoms with Crippen LogP contribution in [0, 0.1) is 0 Å². The molecule has 0 spiro atoms. The van der Waals surface area contributed by atoms with E-state index in [0.29, 0.717) is 0 Å². The summed E-state index contributed by atoms with van der Waals surface area (Å²) in [4.78, 5) is 0. The average Bonchev–Trinajstić information content (AvgIpc) is 2.98. The first-order valence-electron chi connectivity index (χ1n) is 6.63. The Morgan fingerprint density at radius 2 is 1.83 bits per heavy atom. The Morgan fingerprint density at radius 1 is 1.00 bits per heavy atom. The van der Waals surface area contributed by atoms with Gasteiger partial charge in [-0.05, 0) is 36.8 Å². The molecule has 0 N–H and O–H groups in total. The standard InChI is InChI=1S/C15H15N3/c1-2-6-11(7-3-1)14-15-13-9-5-4-8-12(13)10-18(15)17-16-14/h1-3,6-7H,4-5,8-10H2. The van der Waals surface area contributed by atoms with Gasteiger partial charge >= 0.3 is 0 Å². The van der Waals surface area contributed by atoms with Gasteiger partial charge in [0.1, 0.15) is 5.69 Å². The van der Waals surface area contributed by atoms with Gasteiger partial charge in [-0.2, -0.15) is 0 Å². The molecule has 3 nitrogen and oxygen atoms in total. The maximum atomic E-state index is 4.38. The summed E-state index contributed by atoms with van der Waals surface area (Å²) in [6.45, 7) is 0.963. The summed E-state index contributed by atoms with van der Waals surface area (Å²) < 4.78 is 2.08. The van der Waals surface area contributed by atoms with Crippen LogP contribution < -0.4 is 0 Å². The van der Waals surface area contributed by atoms with Crippen LogP contribution in [0.5, 0.6) is 0 Å². The van der Waals surface area contributed by atoms with Gasteiger partial charge in [-0.1, -0.05) is 35.5 Å². The highest BCUT2D eigenvalue weighted by molar-refractivity contribution is 5.80. The molecule has 2 heterocycles. The highest BCUT2D eigenvalue weighted by Crippen LogP contribution is 2.41. The van der Waals surface area contributed by atoms with Gasteiger partial charge in [-0.3, -0.25) is 0 Å². The molecule has 1 aromatic heterocycles. The van der Waals surface area contributed by atoms with E-state index in [1.807, 2.05) is 6.07 Å². The minimum atomic E-state index is 0.963. The number of nitrogens with zero attached hydrogens (tertiary/aromatic N) is 3. The number of allylic oxidation sites excluding steroid dienone is 2. The lowest BCUT2D eigenvalue weighted by Gasteiger charge is -2.13. The lowest BCUT2D eigenvalue weighted by Crippen LogP contribution is -1.98. The Bertz CT molecular complexity index is 622. The maximum absolute atomic E-state index is 4.38. The van der Waals surface area contributed by atoms with Gasteiger partial charge in [0.2, 0.25) is 0 Å². The number of hydrogen-bond acceptors (Lipinski definition) is 2. The number of fused-ring (bicyclic) bond motifs is 2. The first kappa shape index (κ1) is 10.1. The van der Waals surface area contributed by atoms with Crippen LogP contribution in [0.1, 0.15) is 31.4 Å². The predicted molar refractivity (Wildman–Crippen MR) is 70.8 cm³/mol. The van der Waals surface area contributed by atoms with E-state index in [4.69, 9.17) is 0 Å². The van der Waals surface area contributed by atoms with E-state index in [2.05, 4.69) is 39.3 Å². The van der Waals surface area contributed by atoms with E-state index >= 15 is 0 Å². The smallest absolute Gasteiger partial charge is 0.120 e. The predicted octanol–water partition coefficient (Wildman–Crippen LogP) is 3.29. The summed E-state index contributed by atoms with van der Waals surface area (Å²) in [5, 5.41) is 8.70. The molecule has 1 aromatic carbocycles. The maximum Gasteiger partial charge on any atom is 0.120 e. The quantitative estimate of drug-likeness (QED) is 0.762. The third-order valence-electron chi connectivity index (χ3n) is 3.99. The largest absolute Gasteiger partial charge is 0.240 e. The van der Waals surface area contributed by atoms with Crippen molar-refractivity contribution in [1.82, 2.24) is 15.0 Å². The van der Waals surface area contributed by atoms with Gasteiger partial charge in [0.15, 0.2) is 0 Å². The molecular formula is C15H15N3. The molecule has 2 aromatic rings. The van der Waals surface area contributed by atoms with Crippen LogP contribution in [-0.4, -0.2) is 15.0 Å². The molecule has 0 atom stereocenters. The topological polar surface area (TPSA) is 30.7 Å². The van der Waals surface area contributed by atoms with Gasteiger partial charge in [0.25, 0.3) is 0 Å². The highest BCUT2D eigenvalue weighted by atomic mass is 15.4. The summed E-state index contributed by atoms with van der Waals surface area (Å²) >= 11 is 0. The number of hydrogen-bond donors (Lipinski definition) is 0. The van der Waals surface area contributed by atoms with Gasteiger partial charge in [0, 0.05) is 5.56 Å². The summed E-state index contributed by atoms with van der Waals surface area (Å²) in [5.74, 6) is 0. The molecule has 0 fully saturated rings. The van der Waals surface area contributed by atoms with E-state index in [1.54, 1.807) is 5.57 Å². The Morgan fingerprint density at radius 3 is 2.72 bits per heavy atom. The second-order valence-electron chi connectivity index (χ2n) is 5.10. The van der Waals surface area contributed by atoms with Crippen molar-refractivity contribution in [3.05, 3.63) is 41.6 Å². The van der Waals surface area contributed by atoms with Crippen molar-refractivity contribution in [1.29, 1.82) is 0 Å². The SMILES string of the molecule is c1ccc(-c2nnn3c2C2=C(CCCC2)C3)cc1. The van der Waals surface area contributed by atoms with Crippen molar-refractivity contribution < 1.29 is 0 Å². The van der Waals surface area contributed by atoms with E-state index in [9.17, 15) is 0 Å². The fraction of sp³-hybridized carbons (Fsp3) is 0.333. The first-order valence-corrected chi connectivity index (χ1v) is 6.63. The monoisotopic (exact) mass is 237 g/mol. The minimum Gasteiger partial charge on any atom is -0.240 e. The van der Waals surface area contributed by atoms with Crippen LogP contribution in [0.3, 0.4) is 0 Å². The van der Waals surface area contributed by atoms with Crippen LogP contribution in [0.15, 0.2) is 35.9 Å². The molecule has 1 aliphatic heterocycles. The minimum absolute atomic E-state index is 0.963. The molecule has 0 amide bonds. The Balaban J connectivity index is 1.88. The molecular weight excluding hydrogens is 222 g/mol. The Labute approximate surface area is 106 Å². The number of rotatable bonds is 1. The molecule has 4 rings (SSSR count). The summed E-state index contributed by atoms with van der Waals surface area (Å²) in [5.41, 5.74) is 6.62. The van der Waals surface area contributed by atoms with Crippen LogP contribution >= 0.6 is 0 Å². The average molecular weight is 237 g/mol. The molecule has 0 saturated heterocycles. The zero-order valence-electron chi connectivity index (χ0n) is 10.3. The molecule has 0 unspecified atom stereocenters. The van der Waals surface area contributed by atoms with E-state index in [-0.39, 0.29) is 0 Å². The van der Waals surface area contributed by atoms with Gasteiger partial charge < -0.3 is 0 Å². The summed E-state index contributed by atoms with van der Waals surface area (Å²) in [7, 11) is 0. The second kappa shape index (κ2) is 3.80. The molecule has 18 heavy (non-hydrogen) atoms. The van der Waals surface area contributed by atoms with Crippen molar-refractivity contribution in [2.75, 3.05) is 0 Å². The second-order valence-corrected chi connectivity index (χ2v) is 5.10. The fourth-order valence-corrected chi connectivity index (χ4v) is 3.12. The molecule has 90 valence electrons. The van der Waals surface area contributed by atoms with Crippen molar-refractivity contribution in [3.8, 4) is 11.3 Å². The Kier molecular flexibility index (Phi) is 2.13. The zero-order chi connectivity index (χ0) is 11.9. The summed E-state index contributed by atoms with van der Waals surface area (Å²) in [6.07, 6.45) is 5.07. The molecule has 2 aliphatic rings. The van der Waals surface area contributed by atoms with Crippen LogP contribution in [-0.2, 0) is 6.54 Å². The van der Waals surface area contributed by atoms with Gasteiger partial charge in [-0.15, -0.1) is 5.10 Å². The molecule has 0 bridgehead atoms. The normalized spacial score (nSPS) is 17.8. The number of aromatic nitrogens is 3. The van der Waals surface area contributed by atoms with Crippen LogP contribution in [0.2, 0.25) is 0 Å². The Hall–Kier alpha value is -1.90. The van der Waals surface area contributed by atoms with Crippen molar-refractivity contribution in [2.45, 2.75) is 32.2 Å². The molecule has 3 heteroatoms. The third kappa shape index (κ3) is 1.37. The molecule has 0 radical (unpaired) electrons. The lowest BCUT2D eigenvalue weighted by molar-refractivity contribution is 0.626. The van der Waals surface area contributed by atoms with Crippen LogP contribution in [0.25, 0.3) is 16.8 Å². The first-order chi connectivity index (χ1) is 8.93. The summed E-state index contributed by atoms with van der Waals surface area (Å²) in [6, 6.07) is 10.4. The van der Waals surface area contributed by atoms with Gasteiger partial charge in [-0.25, -0.2) is 4.68 Å². The van der Waals surface area contributed by atoms with Crippen molar-refractivity contribution in [3.63, 3.8) is 0 Å².